The van der Waals surface area contributed by atoms with Crippen molar-refractivity contribution in [1.82, 2.24) is 15.0 Å². The number of anilines is 2. The molecule has 0 amide bonds. The number of benzene rings is 2. The van der Waals surface area contributed by atoms with Crippen molar-refractivity contribution in [2.45, 2.75) is 38.5 Å². The van der Waals surface area contributed by atoms with E-state index in [0.29, 0.717) is 29.7 Å². The van der Waals surface area contributed by atoms with Crippen LogP contribution in [0.2, 0.25) is 0 Å². The van der Waals surface area contributed by atoms with Gasteiger partial charge in [-0.05, 0) is 49.1 Å². The van der Waals surface area contributed by atoms with Gasteiger partial charge in [-0.1, -0.05) is 61.3 Å². The molecular formula is C31H36FN5O. The third-order valence-electron chi connectivity index (χ3n) is 8.24. The second-order valence-corrected chi connectivity index (χ2v) is 11.0. The van der Waals surface area contributed by atoms with Crippen LogP contribution in [0, 0.1) is 11.7 Å². The maximum atomic E-state index is 15.6. The Morgan fingerprint density at radius 1 is 1.00 bits per heavy atom. The Balaban J connectivity index is 1.34. The molecule has 0 bridgehead atoms. The highest BCUT2D eigenvalue weighted by Gasteiger charge is 2.30. The van der Waals surface area contributed by atoms with Crippen molar-refractivity contribution < 1.29 is 8.91 Å². The Hall–Kier alpha value is -3.45. The van der Waals surface area contributed by atoms with E-state index in [0.717, 1.165) is 60.7 Å². The highest BCUT2D eigenvalue weighted by Crippen LogP contribution is 2.43. The topological polar surface area (TPSA) is 48.6 Å². The van der Waals surface area contributed by atoms with Crippen LogP contribution in [0.3, 0.4) is 0 Å². The smallest absolute Gasteiger partial charge is 0.231 e. The number of piperazine rings is 1. The summed E-state index contributed by atoms with van der Waals surface area (Å²) >= 11 is 0. The average molecular weight is 514 g/mol. The third kappa shape index (κ3) is 5.12. The number of aromatic nitrogens is 2. The standard InChI is InChI=1S/C31H36FN5O/c1-22-25-18-27(32)29(36-15-13-35(2)14-16-36)19-28(25)37(20-24-11-7-4-8-12-24)21-26(22)31-33-30(38-34-31)17-23-9-5-3-6-10-23/h3,5-6,9-10,18-19,21,24H,1,4,7-8,11-17,20H2,2H3. The summed E-state index contributed by atoms with van der Waals surface area (Å²) in [5, 5.41) is 4.31. The number of halogens is 1. The van der Waals surface area contributed by atoms with Gasteiger partial charge < -0.3 is 19.2 Å². The van der Waals surface area contributed by atoms with Gasteiger partial charge in [0.15, 0.2) is 0 Å². The van der Waals surface area contributed by atoms with Crippen LogP contribution in [0.25, 0.3) is 11.1 Å². The van der Waals surface area contributed by atoms with Crippen LogP contribution in [0.1, 0.15) is 54.9 Å². The van der Waals surface area contributed by atoms with Crippen molar-refractivity contribution >= 4 is 22.5 Å². The summed E-state index contributed by atoms with van der Waals surface area (Å²) in [6.45, 7) is 8.78. The van der Waals surface area contributed by atoms with E-state index in [1.54, 1.807) is 6.07 Å². The second kappa shape index (κ2) is 10.7. The van der Waals surface area contributed by atoms with Crippen molar-refractivity contribution in [3.63, 3.8) is 0 Å². The van der Waals surface area contributed by atoms with Crippen LogP contribution in [0.15, 0.2) is 59.8 Å². The van der Waals surface area contributed by atoms with Crippen LogP contribution < -0.4 is 9.80 Å². The molecule has 0 N–H and O–H groups in total. The molecule has 1 saturated carbocycles. The zero-order chi connectivity index (χ0) is 26.1. The minimum atomic E-state index is -0.203. The van der Waals surface area contributed by atoms with Crippen LogP contribution in [0.5, 0.6) is 0 Å². The van der Waals surface area contributed by atoms with Crippen molar-refractivity contribution in [3.05, 3.63) is 83.9 Å². The van der Waals surface area contributed by atoms with Crippen LogP contribution in [-0.2, 0) is 6.42 Å². The molecule has 6 nitrogen and oxygen atoms in total. The largest absolute Gasteiger partial charge is 0.367 e. The number of fused-ring (bicyclic) bond motifs is 1. The summed E-state index contributed by atoms with van der Waals surface area (Å²) in [7, 11) is 2.12. The van der Waals surface area contributed by atoms with E-state index >= 15 is 4.39 Å². The van der Waals surface area contributed by atoms with Crippen molar-refractivity contribution in [2.24, 2.45) is 5.92 Å². The van der Waals surface area contributed by atoms with E-state index in [-0.39, 0.29) is 5.82 Å². The van der Waals surface area contributed by atoms with E-state index in [1.807, 2.05) is 36.4 Å². The molecule has 0 spiro atoms. The van der Waals surface area contributed by atoms with Crippen molar-refractivity contribution in [3.8, 4) is 0 Å². The third-order valence-corrected chi connectivity index (χ3v) is 8.24. The molecule has 0 radical (unpaired) electrons. The molecule has 198 valence electrons. The lowest BCUT2D eigenvalue weighted by molar-refractivity contribution is 0.311. The zero-order valence-corrected chi connectivity index (χ0v) is 22.2. The predicted molar refractivity (Wildman–Crippen MR) is 151 cm³/mol. The summed E-state index contributed by atoms with van der Waals surface area (Å²) in [5.41, 5.74) is 5.15. The summed E-state index contributed by atoms with van der Waals surface area (Å²) in [5.74, 6) is 1.47. The average Bonchev–Trinajstić information content (AvgIpc) is 3.40. The monoisotopic (exact) mass is 513 g/mol. The summed E-state index contributed by atoms with van der Waals surface area (Å²) in [6.07, 6.45) is 9.01. The van der Waals surface area contributed by atoms with Gasteiger partial charge in [0.2, 0.25) is 11.7 Å². The van der Waals surface area contributed by atoms with E-state index in [9.17, 15) is 0 Å². The number of hydrogen-bond acceptors (Lipinski definition) is 6. The molecule has 0 atom stereocenters. The molecular weight excluding hydrogens is 477 g/mol. The maximum Gasteiger partial charge on any atom is 0.231 e. The lowest BCUT2D eigenvalue weighted by atomic mass is 9.87. The molecule has 2 aromatic carbocycles. The molecule has 2 fully saturated rings. The van der Waals surface area contributed by atoms with Gasteiger partial charge >= 0.3 is 0 Å². The minimum Gasteiger partial charge on any atom is -0.367 e. The normalized spacial score (nSPS) is 19.0. The Kier molecular flexibility index (Phi) is 7.02. The van der Waals surface area contributed by atoms with Gasteiger partial charge in [-0.25, -0.2) is 4.39 Å². The first-order chi connectivity index (χ1) is 18.5. The SMILES string of the molecule is C=C1C(c2noc(Cc3ccccc3)n2)=CN(CC2CCCCC2)c2cc(N3CCN(C)CC3)c(F)cc21. The summed E-state index contributed by atoms with van der Waals surface area (Å²) in [4.78, 5) is 11.5. The van der Waals surface area contributed by atoms with Crippen LogP contribution >= 0.6 is 0 Å². The maximum absolute atomic E-state index is 15.6. The van der Waals surface area contributed by atoms with Gasteiger partial charge in [-0.15, -0.1) is 0 Å². The molecule has 38 heavy (non-hydrogen) atoms. The van der Waals surface area contributed by atoms with E-state index in [2.05, 4.69) is 39.7 Å². The first kappa shape index (κ1) is 24.9. The summed E-state index contributed by atoms with van der Waals surface area (Å²) in [6, 6.07) is 13.8. The van der Waals surface area contributed by atoms with Gasteiger partial charge in [0.1, 0.15) is 5.82 Å². The quantitative estimate of drug-likeness (QED) is 0.403. The first-order valence-electron chi connectivity index (χ1n) is 13.9. The number of nitrogens with zero attached hydrogens (tertiary/aromatic N) is 5. The lowest BCUT2D eigenvalue weighted by Crippen LogP contribution is -2.45. The zero-order valence-electron chi connectivity index (χ0n) is 22.2. The molecule has 1 saturated heterocycles. The lowest BCUT2D eigenvalue weighted by Gasteiger charge is -2.37. The predicted octanol–water partition coefficient (Wildman–Crippen LogP) is 6.01. The number of allylic oxidation sites excluding steroid dienone is 2. The molecule has 3 aromatic rings. The van der Waals surface area contributed by atoms with Crippen LogP contribution in [0.4, 0.5) is 15.8 Å². The summed E-state index contributed by atoms with van der Waals surface area (Å²) < 4.78 is 21.2. The number of likely N-dealkylation sites (N-methyl/N-ethyl adjacent to an activating group) is 1. The number of rotatable bonds is 6. The van der Waals surface area contributed by atoms with Crippen LogP contribution in [-0.4, -0.2) is 54.8 Å². The minimum absolute atomic E-state index is 0.203. The molecule has 3 aliphatic rings. The van der Waals surface area contributed by atoms with Crippen molar-refractivity contribution in [1.29, 1.82) is 0 Å². The first-order valence-corrected chi connectivity index (χ1v) is 13.9. The van der Waals surface area contributed by atoms with Gasteiger partial charge in [0, 0.05) is 50.1 Å². The molecule has 2 aliphatic heterocycles. The number of hydrogen-bond donors (Lipinski definition) is 0. The molecule has 0 unspecified atom stereocenters. The fourth-order valence-electron chi connectivity index (χ4n) is 5.97. The van der Waals surface area contributed by atoms with E-state index < -0.39 is 0 Å². The Morgan fingerprint density at radius 3 is 2.53 bits per heavy atom. The highest BCUT2D eigenvalue weighted by molar-refractivity contribution is 6.08. The molecule has 7 heteroatoms. The van der Waals surface area contributed by atoms with Gasteiger partial charge in [0.25, 0.3) is 0 Å². The highest BCUT2D eigenvalue weighted by atomic mass is 19.1. The molecule has 3 heterocycles. The van der Waals surface area contributed by atoms with Crippen molar-refractivity contribution in [2.75, 3.05) is 49.6 Å². The second-order valence-electron chi connectivity index (χ2n) is 11.0. The fourth-order valence-corrected chi connectivity index (χ4v) is 5.97. The molecule has 1 aliphatic carbocycles. The Morgan fingerprint density at radius 2 is 1.76 bits per heavy atom. The fraction of sp³-hybridized carbons (Fsp3) is 0.419. The van der Waals surface area contributed by atoms with Gasteiger partial charge in [-0.2, -0.15) is 4.98 Å². The molecule has 6 rings (SSSR count). The van der Waals surface area contributed by atoms with Gasteiger partial charge in [-0.3, -0.25) is 0 Å². The Bertz CT molecular complexity index is 1320. The molecule has 1 aromatic heterocycles. The van der Waals surface area contributed by atoms with E-state index in [1.165, 1.54) is 32.1 Å². The Labute approximate surface area is 224 Å². The van der Waals surface area contributed by atoms with E-state index in [4.69, 9.17) is 9.51 Å². The van der Waals surface area contributed by atoms with Gasteiger partial charge in [0.05, 0.1) is 17.8 Å².